The number of hydrogen-bond acceptors (Lipinski definition) is 1. The van der Waals surface area contributed by atoms with Crippen molar-refractivity contribution in [1.29, 1.82) is 0 Å². The summed E-state index contributed by atoms with van der Waals surface area (Å²) in [5, 5.41) is 0. The summed E-state index contributed by atoms with van der Waals surface area (Å²) in [7, 11) is 0. The molecule has 2 rings (SSSR count). The van der Waals surface area contributed by atoms with Crippen molar-refractivity contribution in [2.24, 2.45) is 0 Å². The van der Waals surface area contributed by atoms with Crippen molar-refractivity contribution < 1.29 is 9.13 Å². The Morgan fingerprint density at radius 3 is 2.62 bits per heavy atom. The molecule has 0 fully saturated rings. The van der Waals surface area contributed by atoms with Crippen LogP contribution in [-0.4, -0.2) is 6.61 Å². The normalized spacial score (nSPS) is 12.6. The van der Waals surface area contributed by atoms with E-state index in [1.54, 1.807) is 6.07 Å². The van der Waals surface area contributed by atoms with Crippen molar-refractivity contribution in [3.63, 3.8) is 0 Å². The van der Waals surface area contributed by atoms with Crippen LogP contribution in [0, 0.1) is 12.7 Å². The number of aryl methyl sites for hydroxylation is 1. The van der Waals surface area contributed by atoms with Gasteiger partial charge in [-0.05, 0) is 18.6 Å². The maximum atomic E-state index is 12.9. The summed E-state index contributed by atoms with van der Waals surface area (Å²) in [4.78, 5) is 0. The number of halogens is 1. The average Bonchev–Trinajstić information content (AvgIpc) is 2.64. The molecule has 72 valence electrons. The monoisotopic (exact) mass is 182 g/mol. The molecule has 0 unspecified atom stereocenters. The van der Waals surface area contributed by atoms with E-state index in [1.807, 2.05) is 20.8 Å². The first-order chi connectivity index (χ1) is 6.29. The molecule has 0 saturated heterocycles. The van der Waals surface area contributed by atoms with E-state index in [9.17, 15) is 4.39 Å². The van der Waals surface area contributed by atoms with Gasteiger partial charge in [-0.2, -0.15) is 0 Å². The van der Waals surface area contributed by atoms with Crippen LogP contribution in [0.4, 0.5) is 4.39 Å². The van der Waals surface area contributed by atoms with E-state index in [1.165, 1.54) is 6.07 Å². The van der Waals surface area contributed by atoms with Crippen LogP contribution in [0.1, 0.15) is 25.0 Å². The topological polar surface area (TPSA) is 9.23 Å². The Balaban J connectivity index is 0.000000396. The zero-order valence-corrected chi connectivity index (χ0v) is 8.36. The van der Waals surface area contributed by atoms with E-state index in [-0.39, 0.29) is 5.82 Å². The fourth-order valence-corrected chi connectivity index (χ4v) is 1.42. The zero-order chi connectivity index (χ0) is 9.84. The fraction of sp³-hybridized carbons (Fsp3) is 0.455. The molecule has 1 aromatic rings. The van der Waals surface area contributed by atoms with Gasteiger partial charge in [0, 0.05) is 12.0 Å². The first-order valence-corrected chi connectivity index (χ1v) is 4.70. The Bertz CT molecular complexity index is 265. The van der Waals surface area contributed by atoms with Crippen LogP contribution < -0.4 is 4.74 Å². The first-order valence-electron chi connectivity index (χ1n) is 4.70. The minimum atomic E-state index is -0.233. The van der Waals surface area contributed by atoms with Gasteiger partial charge in [-0.15, -0.1) is 0 Å². The molecule has 1 aliphatic rings. The second kappa shape index (κ2) is 4.26. The highest BCUT2D eigenvalue weighted by atomic mass is 19.1. The third-order valence-electron chi connectivity index (χ3n) is 2.05. The molecule has 2 heteroatoms. The lowest BCUT2D eigenvalue weighted by Gasteiger charge is -2.01. The van der Waals surface area contributed by atoms with Gasteiger partial charge < -0.3 is 4.74 Å². The Morgan fingerprint density at radius 1 is 1.31 bits per heavy atom. The summed E-state index contributed by atoms with van der Waals surface area (Å²) in [6, 6.07) is 3.25. The number of ether oxygens (including phenoxy) is 1. The first kappa shape index (κ1) is 10.0. The molecule has 0 bridgehead atoms. The van der Waals surface area contributed by atoms with Crippen LogP contribution in [0.15, 0.2) is 12.1 Å². The Kier molecular flexibility index (Phi) is 3.29. The summed E-state index contributed by atoms with van der Waals surface area (Å²) in [6.07, 6.45) is 0.846. The van der Waals surface area contributed by atoms with Crippen molar-refractivity contribution in [3.8, 4) is 5.75 Å². The lowest BCUT2D eigenvalue weighted by molar-refractivity contribution is 0.339. The van der Waals surface area contributed by atoms with Gasteiger partial charge in [-0.3, -0.25) is 0 Å². The van der Waals surface area contributed by atoms with E-state index in [4.69, 9.17) is 4.74 Å². The van der Waals surface area contributed by atoms with E-state index < -0.39 is 0 Å². The van der Waals surface area contributed by atoms with Crippen LogP contribution in [0.3, 0.4) is 0 Å². The second-order valence-electron chi connectivity index (χ2n) is 2.77. The molecule has 1 aliphatic heterocycles. The summed E-state index contributed by atoms with van der Waals surface area (Å²) < 4.78 is 18.1. The number of fused-ring (bicyclic) bond motifs is 1. The van der Waals surface area contributed by atoms with Crippen molar-refractivity contribution in [1.82, 2.24) is 0 Å². The highest BCUT2D eigenvalue weighted by Gasteiger charge is 2.17. The Hall–Kier alpha value is -1.05. The van der Waals surface area contributed by atoms with Gasteiger partial charge in [-0.25, -0.2) is 4.39 Å². The van der Waals surface area contributed by atoms with Gasteiger partial charge >= 0.3 is 0 Å². The highest BCUT2D eigenvalue weighted by molar-refractivity contribution is 5.43. The third-order valence-corrected chi connectivity index (χ3v) is 2.05. The van der Waals surface area contributed by atoms with Gasteiger partial charge in [0.2, 0.25) is 0 Å². The molecule has 0 saturated carbocycles. The maximum Gasteiger partial charge on any atom is 0.165 e. The predicted octanol–water partition coefficient (Wildman–Crippen LogP) is 3.10. The van der Waals surface area contributed by atoms with Crippen LogP contribution in [0.5, 0.6) is 5.75 Å². The quantitative estimate of drug-likeness (QED) is 0.599. The van der Waals surface area contributed by atoms with E-state index in [0.717, 1.165) is 17.5 Å². The molecule has 0 aliphatic carbocycles. The number of hydrogen-bond donors (Lipinski definition) is 0. The van der Waals surface area contributed by atoms with Gasteiger partial charge in [0.15, 0.2) is 11.6 Å². The molecule has 1 heterocycles. The van der Waals surface area contributed by atoms with Gasteiger partial charge in [0.05, 0.1) is 6.61 Å². The van der Waals surface area contributed by atoms with Gasteiger partial charge in [0.1, 0.15) is 0 Å². The van der Waals surface area contributed by atoms with Gasteiger partial charge in [0.25, 0.3) is 0 Å². The SMILES string of the molecule is CC.Cc1ccc(F)c2c1CCO2. The molecule has 0 atom stereocenters. The van der Waals surface area contributed by atoms with Crippen molar-refractivity contribution in [2.75, 3.05) is 6.61 Å². The maximum absolute atomic E-state index is 12.9. The number of rotatable bonds is 0. The van der Waals surface area contributed by atoms with E-state index in [2.05, 4.69) is 0 Å². The standard InChI is InChI=1S/C9H9FO.C2H6/c1-6-2-3-8(10)9-7(6)4-5-11-9;1-2/h2-3H,4-5H2,1H3;1-2H3. The lowest BCUT2D eigenvalue weighted by atomic mass is 10.1. The van der Waals surface area contributed by atoms with Crippen molar-refractivity contribution in [3.05, 3.63) is 29.1 Å². The molecule has 1 nitrogen and oxygen atoms in total. The van der Waals surface area contributed by atoms with Gasteiger partial charge in [-0.1, -0.05) is 19.9 Å². The summed E-state index contributed by atoms with van der Waals surface area (Å²) in [5.74, 6) is 0.230. The second-order valence-corrected chi connectivity index (χ2v) is 2.77. The predicted molar refractivity (Wildman–Crippen MR) is 51.7 cm³/mol. The van der Waals surface area contributed by atoms with E-state index in [0.29, 0.717) is 12.4 Å². The minimum absolute atomic E-state index is 0.233. The summed E-state index contributed by atoms with van der Waals surface area (Å²) in [5.41, 5.74) is 2.16. The van der Waals surface area contributed by atoms with Crippen molar-refractivity contribution in [2.45, 2.75) is 27.2 Å². The van der Waals surface area contributed by atoms with E-state index >= 15 is 0 Å². The molecule has 0 spiro atoms. The zero-order valence-electron chi connectivity index (χ0n) is 8.36. The fourth-order valence-electron chi connectivity index (χ4n) is 1.42. The van der Waals surface area contributed by atoms with Crippen LogP contribution in [0.2, 0.25) is 0 Å². The van der Waals surface area contributed by atoms with Crippen LogP contribution in [-0.2, 0) is 6.42 Å². The van der Waals surface area contributed by atoms with Crippen molar-refractivity contribution >= 4 is 0 Å². The van der Waals surface area contributed by atoms with Crippen LogP contribution in [0.25, 0.3) is 0 Å². The Labute approximate surface area is 78.5 Å². The molecular formula is C11H15FO. The highest BCUT2D eigenvalue weighted by Crippen LogP contribution is 2.30. The minimum Gasteiger partial charge on any atom is -0.490 e. The Morgan fingerprint density at radius 2 is 2.00 bits per heavy atom. The molecule has 0 amide bonds. The molecule has 1 aromatic carbocycles. The summed E-state index contributed by atoms with van der Waals surface area (Å²) in [6.45, 7) is 6.60. The molecule has 0 radical (unpaired) electrons. The summed E-state index contributed by atoms with van der Waals surface area (Å²) >= 11 is 0. The van der Waals surface area contributed by atoms with Crippen LogP contribution >= 0.6 is 0 Å². The molecule has 0 N–H and O–H groups in total. The largest absolute Gasteiger partial charge is 0.490 e. The lowest BCUT2D eigenvalue weighted by Crippen LogP contribution is -1.88. The number of benzene rings is 1. The smallest absolute Gasteiger partial charge is 0.165 e. The third kappa shape index (κ3) is 1.82. The molecule has 0 aromatic heterocycles. The molecular weight excluding hydrogens is 167 g/mol. The average molecular weight is 182 g/mol. The molecule has 13 heavy (non-hydrogen) atoms.